The van der Waals surface area contributed by atoms with Gasteiger partial charge in [0.15, 0.2) is 0 Å². The molecule has 19 heavy (non-hydrogen) atoms. The van der Waals surface area contributed by atoms with E-state index in [2.05, 4.69) is 59.6 Å². The predicted octanol–water partition coefficient (Wildman–Crippen LogP) is 4.30. The lowest BCUT2D eigenvalue weighted by Gasteiger charge is -2.48. The van der Waals surface area contributed by atoms with E-state index in [1.165, 1.54) is 9.26 Å². The second-order valence-corrected chi connectivity index (χ2v) is 7.04. The minimum atomic E-state index is 0.245. The molecule has 1 N–H and O–H groups in total. The second-order valence-electron chi connectivity index (χ2n) is 5.44. The lowest BCUT2D eigenvalue weighted by molar-refractivity contribution is 0.253. The highest BCUT2D eigenvalue weighted by Gasteiger charge is 2.35. The van der Waals surface area contributed by atoms with Gasteiger partial charge in [-0.15, -0.1) is 0 Å². The molecule has 1 aliphatic heterocycles. The monoisotopic (exact) mass is 392 g/mol. The van der Waals surface area contributed by atoms with E-state index >= 15 is 0 Å². The van der Waals surface area contributed by atoms with E-state index in [0.717, 1.165) is 31.0 Å². The number of anilines is 1. The molecule has 1 aromatic carbocycles. The SMILES string of the molecule is CCC1(CC)CN(c2ccc(Cl)cc2I)C(C)CN1. The van der Waals surface area contributed by atoms with Crippen LogP contribution in [-0.4, -0.2) is 24.7 Å². The van der Waals surface area contributed by atoms with Crippen molar-refractivity contribution in [2.75, 3.05) is 18.0 Å². The summed E-state index contributed by atoms with van der Waals surface area (Å²) in [5.74, 6) is 0. The Morgan fingerprint density at radius 1 is 1.42 bits per heavy atom. The van der Waals surface area contributed by atoms with E-state index in [0.29, 0.717) is 6.04 Å². The minimum absolute atomic E-state index is 0.245. The van der Waals surface area contributed by atoms with Gasteiger partial charge in [-0.25, -0.2) is 0 Å². The number of piperazine rings is 1. The highest BCUT2D eigenvalue weighted by Crippen LogP contribution is 2.32. The zero-order valence-corrected chi connectivity index (χ0v) is 14.8. The van der Waals surface area contributed by atoms with Crippen molar-refractivity contribution >= 4 is 39.9 Å². The van der Waals surface area contributed by atoms with E-state index in [-0.39, 0.29) is 5.54 Å². The maximum atomic E-state index is 6.07. The minimum Gasteiger partial charge on any atom is -0.365 e. The van der Waals surface area contributed by atoms with Crippen LogP contribution < -0.4 is 10.2 Å². The summed E-state index contributed by atoms with van der Waals surface area (Å²) in [7, 11) is 0. The molecule has 0 saturated carbocycles. The third-order valence-electron chi connectivity index (χ3n) is 4.35. The van der Waals surface area contributed by atoms with Crippen molar-refractivity contribution < 1.29 is 0 Å². The van der Waals surface area contributed by atoms with Gasteiger partial charge in [-0.2, -0.15) is 0 Å². The maximum absolute atomic E-state index is 6.07. The summed E-state index contributed by atoms with van der Waals surface area (Å²) in [5, 5.41) is 4.56. The molecule has 1 unspecified atom stereocenters. The first-order chi connectivity index (χ1) is 9.01. The quantitative estimate of drug-likeness (QED) is 0.772. The van der Waals surface area contributed by atoms with Gasteiger partial charge in [0.2, 0.25) is 0 Å². The lowest BCUT2D eigenvalue weighted by atomic mass is 9.88. The number of benzene rings is 1. The van der Waals surface area contributed by atoms with Crippen molar-refractivity contribution in [3.05, 3.63) is 26.8 Å². The summed E-state index contributed by atoms with van der Waals surface area (Å²) < 4.78 is 1.24. The molecule has 1 aliphatic rings. The van der Waals surface area contributed by atoms with Gasteiger partial charge >= 0.3 is 0 Å². The van der Waals surface area contributed by atoms with Crippen LogP contribution in [0.3, 0.4) is 0 Å². The molecule has 0 bridgehead atoms. The molecular formula is C15H22ClIN2. The fourth-order valence-corrected chi connectivity index (χ4v) is 3.95. The normalized spacial score (nSPS) is 22.6. The Balaban J connectivity index is 2.31. The third-order valence-corrected chi connectivity index (χ3v) is 5.45. The summed E-state index contributed by atoms with van der Waals surface area (Å²) in [6.07, 6.45) is 2.33. The highest BCUT2D eigenvalue weighted by atomic mass is 127. The van der Waals surface area contributed by atoms with Crippen LogP contribution in [0.1, 0.15) is 33.6 Å². The third kappa shape index (κ3) is 3.19. The van der Waals surface area contributed by atoms with Crippen molar-refractivity contribution in [2.45, 2.75) is 45.2 Å². The van der Waals surface area contributed by atoms with E-state index in [9.17, 15) is 0 Å². The number of nitrogens with one attached hydrogen (secondary N) is 1. The van der Waals surface area contributed by atoms with Crippen LogP contribution in [0.5, 0.6) is 0 Å². The van der Waals surface area contributed by atoms with E-state index in [1.54, 1.807) is 0 Å². The molecule has 2 rings (SSSR count). The zero-order chi connectivity index (χ0) is 14.0. The summed E-state index contributed by atoms with van der Waals surface area (Å²) in [5.41, 5.74) is 1.56. The Labute approximate surface area is 135 Å². The van der Waals surface area contributed by atoms with E-state index < -0.39 is 0 Å². The molecular weight excluding hydrogens is 371 g/mol. The van der Waals surface area contributed by atoms with Crippen molar-refractivity contribution in [3.63, 3.8) is 0 Å². The van der Waals surface area contributed by atoms with Crippen LogP contribution in [0.4, 0.5) is 5.69 Å². The number of nitrogens with zero attached hydrogens (tertiary/aromatic N) is 1. The van der Waals surface area contributed by atoms with Crippen LogP contribution in [0.2, 0.25) is 5.02 Å². The Morgan fingerprint density at radius 2 is 2.11 bits per heavy atom. The van der Waals surface area contributed by atoms with Crippen molar-refractivity contribution in [1.82, 2.24) is 5.32 Å². The predicted molar refractivity (Wildman–Crippen MR) is 92.3 cm³/mol. The molecule has 1 atom stereocenters. The average molecular weight is 393 g/mol. The smallest absolute Gasteiger partial charge is 0.0506 e. The maximum Gasteiger partial charge on any atom is 0.0506 e. The van der Waals surface area contributed by atoms with Crippen LogP contribution >= 0.6 is 34.2 Å². The molecule has 0 amide bonds. The first-order valence-electron chi connectivity index (χ1n) is 6.98. The topological polar surface area (TPSA) is 15.3 Å². The molecule has 0 aliphatic carbocycles. The second kappa shape index (κ2) is 6.19. The first kappa shape index (κ1) is 15.4. The average Bonchev–Trinajstić information content (AvgIpc) is 2.41. The Bertz CT molecular complexity index is 446. The number of rotatable bonds is 3. The summed E-state index contributed by atoms with van der Waals surface area (Å²) in [4.78, 5) is 2.53. The first-order valence-corrected chi connectivity index (χ1v) is 8.43. The van der Waals surface area contributed by atoms with Gasteiger partial charge < -0.3 is 10.2 Å². The molecule has 106 valence electrons. The number of hydrogen-bond donors (Lipinski definition) is 1. The molecule has 1 aromatic rings. The Hall–Kier alpha value is -0.0000000000000000763. The fourth-order valence-electron chi connectivity index (χ4n) is 2.77. The number of halogens is 2. The van der Waals surface area contributed by atoms with Gasteiger partial charge in [-0.3, -0.25) is 0 Å². The van der Waals surface area contributed by atoms with Gasteiger partial charge in [-0.05, 0) is 60.6 Å². The molecule has 0 radical (unpaired) electrons. The van der Waals surface area contributed by atoms with Crippen LogP contribution in [0, 0.1) is 3.57 Å². The van der Waals surface area contributed by atoms with Crippen molar-refractivity contribution in [1.29, 1.82) is 0 Å². The van der Waals surface area contributed by atoms with Crippen molar-refractivity contribution in [2.24, 2.45) is 0 Å². The standard InChI is InChI=1S/C15H22ClIN2/c1-4-15(5-2)10-19(11(3)9-18-15)14-7-6-12(16)8-13(14)17/h6-8,11,18H,4-5,9-10H2,1-3H3. The molecule has 4 heteroatoms. The van der Waals surface area contributed by atoms with Gasteiger partial charge in [-0.1, -0.05) is 25.4 Å². The molecule has 1 heterocycles. The van der Waals surface area contributed by atoms with Gasteiger partial charge in [0.05, 0.1) is 5.69 Å². The lowest BCUT2D eigenvalue weighted by Crippen LogP contribution is -2.63. The van der Waals surface area contributed by atoms with E-state index in [1.807, 2.05) is 12.1 Å². The largest absolute Gasteiger partial charge is 0.365 e. The van der Waals surface area contributed by atoms with Crippen LogP contribution in [0.25, 0.3) is 0 Å². The van der Waals surface area contributed by atoms with E-state index in [4.69, 9.17) is 11.6 Å². The fraction of sp³-hybridized carbons (Fsp3) is 0.600. The van der Waals surface area contributed by atoms with Crippen molar-refractivity contribution in [3.8, 4) is 0 Å². The molecule has 0 aromatic heterocycles. The van der Waals surface area contributed by atoms with Crippen LogP contribution in [0.15, 0.2) is 18.2 Å². The summed E-state index contributed by atoms with van der Waals surface area (Å²) in [6.45, 7) is 8.95. The van der Waals surface area contributed by atoms with Gasteiger partial charge in [0.1, 0.15) is 0 Å². The van der Waals surface area contributed by atoms with Gasteiger partial charge in [0.25, 0.3) is 0 Å². The van der Waals surface area contributed by atoms with Crippen LogP contribution in [-0.2, 0) is 0 Å². The highest BCUT2D eigenvalue weighted by molar-refractivity contribution is 14.1. The Kier molecular flexibility index (Phi) is 5.01. The molecule has 1 fully saturated rings. The molecule has 2 nitrogen and oxygen atoms in total. The molecule has 1 saturated heterocycles. The van der Waals surface area contributed by atoms with Gasteiger partial charge in [0, 0.05) is 33.3 Å². The zero-order valence-electron chi connectivity index (χ0n) is 11.8. The molecule has 0 spiro atoms. The number of hydrogen-bond acceptors (Lipinski definition) is 2. The summed E-state index contributed by atoms with van der Waals surface area (Å²) >= 11 is 8.46. The Morgan fingerprint density at radius 3 is 2.68 bits per heavy atom. The summed E-state index contributed by atoms with van der Waals surface area (Å²) in [6, 6.07) is 6.71.